The van der Waals surface area contributed by atoms with Crippen molar-refractivity contribution in [1.29, 1.82) is 0 Å². The molecular formula is C21H27FN3O4+. The van der Waals surface area contributed by atoms with Crippen LogP contribution in [0, 0.1) is 5.82 Å². The number of para-hydroxylation sites is 1. The molecule has 0 saturated heterocycles. The Hall–Kier alpha value is -3.13. The molecule has 1 atom stereocenters. The van der Waals surface area contributed by atoms with Crippen molar-refractivity contribution in [2.24, 2.45) is 0 Å². The van der Waals surface area contributed by atoms with Gasteiger partial charge in [-0.3, -0.25) is 9.59 Å². The normalized spacial score (nSPS) is 11.4. The highest BCUT2D eigenvalue weighted by atomic mass is 19.1. The van der Waals surface area contributed by atoms with Crippen molar-refractivity contribution in [3.63, 3.8) is 0 Å². The Balaban J connectivity index is 1.88. The Morgan fingerprint density at radius 2 is 1.55 bits per heavy atom. The van der Waals surface area contributed by atoms with Crippen LogP contribution in [0.3, 0.4) is 0 Å². The molecule has 2 amide bonds. The molecule has 8 heteroatoms. The zero-order valence-electron chi connectivity index (χ0n) is 16.9. The third kappa shape index (κ3) is 7.08. The van der Waals surface area contributed by atoms with Gasteiger partial charge in [-0.2, -0.15) is 0 Å². The minimum absolute atomic E-state index is 0.0230. The summed E-state index contributed by atoms with van der Waals surface area (Å²) < 4.78 is 24.6. The molecule has 1 unspecified atom stereocenters. The third-order valence-electron chi connectivity index (χ3n) is 3.90. The smallest absolute Gasteiger partial charge is 0.279 e. The van der Waals surface area contributed by atoms with Crippen LogP contribution >= 0.6 is 0 Å². The van der Waals surface area contributed by atoms with E-state index in [4.69, 9.17) is 9.47 Å². The van der Waals surface area contributed by atoms with E-state index in [1.807, 2.05) is 13.8 Å². The summed E-state index contributed by atoms with van der Waals surface area (Å²) >= 11 is 0. The third-order valence-corrected chi connectivity index (χ3v) is 3.90. The van der Waals surface area contributed by atoms with Gasteiger partial charge in [-0.1, -0.05) is 12.1 Å². The number of hydrogen-bond acceptors (Lipinski definition) is 4. The van der Waals surface area contributed by atoms with Crippen LogP contribution in [-0.2, 0) is 9.59 Å². The summed E-state index contributed by atoms with van der Waals surface area (Å²) in [7, 11) is 1.71. The van der Waals surface area contributed by atoms with Crippen LogP contribution in [0.1, 0.15) is 13.8 Å². The van der Waals surface area contributed by atoms with Crippen LogP contribution in [0.5, 0.6) is 11.5 Å². The van der Waals surface area contributed by atoms with E-state index >= 15 is 0 Å². The lowest BCUT2D eigenvalue weighted by molar-refractivity contribution is -0.862. The van der Waals surface area contributed by atoms with Gasteiger partial charge < -0.3 is 25.0 Å². The van der Waals surface area contributed by atoms with Gasteiger partial charge in [-0.05, 0) is 38.1 Å². The Labute approximate surface area is 169 Å². The number of anilines is 2. The molecule has 2 aromatic rings. The minimum atomic E-state index is -0.503. The molecule has 0 bridgehead atoms. The second kappa shape index (κ2) is 11.0. The Bertz CT molecular complexity index is 844. The fourth-order valence-electron chi connectivity index (χ4n) is 2.70. The van der Waals surface area contributed by atoms with E-state index in [2.05, 4.69) is 10.6 Å². The van der Waals surface area contributed by atoms with Crippen molar-refractivity contribution in [2.75, 3.05) is 44.0 Å². The van der Waals surface area contributed by atoms with Crippen LogP contribution in [0.2, 0.25) is 0 Å². The fraction of sp³-hybridized carbons (Fsp3) is 0.333. The predicted molar refractivity (Wildman–Crippen MR) is 109 cm³/mol. The van der Waals surface area contributed by atoms with E-state index < -0.39 is 5.82 Å². The first-order valence-corrected chi connectivity index (χ1v) is 9.48. The maximum atomic E-state index is 13.6. The number of halogens is 1. The van der Waals surface area contributed by atoms with E-state index in [0.29, 0.717) is 35.3 Å². The standard InChI is InChI=1S/C21H26FN3O4/c1-4-28-18-11-10-15(12-19(18)29-5-2)23-20(26)13-25(3)14-21(27)24-17-9-7-6-8-16(17)22/h6-12H,4-5,13-14H2,1-3H3,(H,23,26)(H,24,27)/p+1. The highest BCUT2D eigenvalue weighted by Gasteiger charge is 2.16. The second-order valence-corrected chi connectivity index (χ2v) is 6.41. The summed E-state index contributed by atoms with van der Waals surface area (Å²) in [5.41, 5.74) is 0.693. The molecule has 7 nitrogen and oxygen atoms in total. The van der Waals surface area contributed by atoms with Crippen LogP contribution in [0.15, 0.2) is 42.5 Å². The molecule has 29 heavy (non-hydrogen) atoms. The number of hydrogen-bond donors (Lipinski definition) is 3. The van der Waals surface area contributed by atoms with Crippen molar-refractivity contribution in [2.45, 2.75) is 13.8 Å². The van der Waals surface area contributed by atoms with Gasteiger partial charge >= 0.3 is 0 Å². The number of carbonyl (C=O) groups is 2. The number of likely N-dealkylation sites (N-methyl/N-ethyl adjacent to an activating group) is 1. The first-order chi connectivity index (χ1) is 13.9. The Morgan fingerprint density at radius 1 is 0.931 bits per heavy atom. The lowest BCUT2D eigenvalue weighted by atomic mass is 10.2. The topological polar surface area (TPSA) is 81.1 Å². The number of carbonyl (C=O) groups excluding carboxylic acids is 2. The Kier molecular flexibility index (Phi) is 8.42. The second-order valence-electron chi connectivity index (χ2n) is 6.41. The Morgan fingerprint density at radius 3 is 2.21 bits per heavy atom. The minimum Gasteiger partial charge on any atom is -0.490 e. The van der Waals surface area contributed by atoms with E-state index in [9.17, 15) is 14.0 Å². The molecule has 0 aliphatic heterocycles. The number of rotatable bonds is 10. The van der Waals surface area contributed by atoms with Gasteiger partial charge in [-0.25, -0.2) is 4.39 Å². The van der Waals surface area contributed by atoms with Gasteiger partial charge in [0.2, 0.25) is 0 Å². The van der Waals surface area contributed by atoms with E-state index in [1.54, 1.807) is 37.4 Å². The largest absolute Gasteiger partial charge is 0.490 e. The average molecular weight is 404 g/mol. The monoisotopic (exact) mass is 404 g/mol. The van der Waals surface area contributed by atoms with Crippen molar-refractivity contribution >= 4 is 23.2 Å². The molecular weight excluding hydrogens is 377 g/mol. The van der Waals surface area contributed by atoms with Gasteiger partial charge in [0.05, 0.1) is 25.9 Å². The van der Waals surface area contributed by atoms with Gasteiger partial charge in [0, 0.05) is 11.8 Å². The quantitative estimate of drug-likeness (QED) is 0.563. The number of amides is 2. The molecule has 2 aromatic carbocycles. The summed E-state index contributed by atoms with van der Waals surface area (Å²) in [5.74, 6) is 0.0294. The zero-order chi connectivity index (χ0) is 21.2. The molecule has 0 spiro atoms. The number of nitrogens with one attached hydrogen (secondary N) is 3. The summed E-state index contributed by atoms with van der Waals surface area (Å²) in [6.07, 6.45) is 0. The molecule has 0 fully saturated rings. The molecule has 0 aliphatic carbocycles. The van der Waals surface area contributed by atoms with Crippen molar-refractivity contribution < 1.29 is 28.4 Å². The van der Waals surface area contributed by atoms with E-state index in [0.717, 1.165) is 0 Å². The van der Waals surface area contributed by atoms with Crippen molar-refractivity contribution in [1.82, 2.24) is 0 Å². The number of quaternary nitrogens is 1. The number of benzene rings is 2. The summed E-state index contributed by atoms with van der Waals surface area (Å²) in [4.78, 5) is 25.0. The van der Waals surface area contributed by atoms with Crippen LogP contribution in [0.4, 0.5) is 15.8 Å². The molecule has 0 aliphatic rings. The summed E-state index contributed by atoms with van der Waals surface area (Å²) in [5, 5.41) is 5.29. The van der Waals surface area contributed by atoms with Gasteiger partial charge in [0.1, 0.15) is 5.82 Å². The molecule has 3 N–H and O–H groups in total. The maximum Gasteiger partial charge on any atom is 0.279 e. The molecule has 0 saturated carbocycles. The first-order valence-electron chi connectivity index (χ1n) is 9.48. The fourth-order valence-corrected chi connectivity index (χ4v) is 2.70. The number of ether oxygens (including phenoxy) is 2. The molecule has 0 aromatic heterocycles. The van der Waals surface area contributed by atoms with Crippen molar-refractivity contribution in [3.8, 4) is 11.5 Å². The average Bonchev–Trinajstić information content (AvgIpc) is 2.65. The maximum absolute atomic E-state index is 13.6. The lowest BCUT2D eigenvalue weighted by Crippen LogP contribution is -3.11. The van der Waals surface area contributed by atoms with Crippen LogP contribution in [0.25, 0.3) is 0 Å². The van der Waals surface area contributed by atoms with E-state index in [1.165, 1.54) is 12.1 Å². The predicted octanol–water partition coefficient (Wildman–Crippen LogP) is 1.72. The van der Waals surface area contributed by atoms with Gasteiger partial charge in [0.25, 0.3) is 11.8 Å². The SMILES string of the molecule is CCOc1ccc(NC(=O)C[NH+](C)CC(=O)Nc2ccccc2F)cc1OCC. The molecule has 2 rings (SSSR count). The highest BCUT2D eigenvalue weighted by molar-refractivity contribution is 5.93. The highest BCUT2D eigenvalue weighted by Crippen LogP contribution is 2.30. The lowest BCUT2D eigenvalue weighted by Gasteiger charge is -2.15. The van der Waals surface area contributed by atoms with Crippen LogP contribution in [-0.4, -0.2) is 45.2 Å². The molecule has 0 radical (unpaired) electrons. The van der Waals surface area contributed by atoms with Gasteiger partial charge in [0.15, 0.2) is 24.6 Å². The van der Waals surface area contributed by atoms with E-state index in [-0.39, 0.29) is 30.6 Å². The zero-order valence-corrected chi connectivity index (χ0v) is 16.9. The van der Waals surface area contributed by atoms with Crippen LogP contribution < -0.4 is 25.0 Å². The summed E-state index contributed by atoms with van der Waals surface area (Å²) in [6, 6.07) is 11.1. The first kappa shape index (κ1) is 22.2. The van der Waals surface area contributed by atoms with Gasteiger partial charge in [-0.15, -0.1) is 0 Å². The molecule has 156 valence electrons. The molecule has 0 heterocycles. The van der Waals surface area contributed by atoms with Crippen molar-refractivity contribution in [3.05, 3.63) is 48.3 Å². The summed E-state index contributed by atoms with van der Waals surface area (Å²) in [6.45, 7) is 4.82.